The third-order valence-corrected chi connectivity index (χ3v) is 2.48. The van der Waals surface area contributed by atoms with Crippen LogP contribution in [0.4, 0.5) is 5.69 Å². The van der Waals surface area contributed by atoms with E-state index >= 15 is 0 Å². The van der Waals surface area contributed by atoms with E-state index in [0.29, 0.717) is 15.7 Å². The average molecular weight is 287 g/mol. The number of rotatable bonds is 3. The van der Waals surface area contributed by atoms with Crippen molar-refractivity contribution in [2.45, 2.75) is 0 Å². The van der Waals surface area contributed by atoms with E-state index in [-0.39, 0.29) is 11.6 Å². The first-order valence-electron chi connectivity index (χ1n) is 4.86. The minimum atomic E-state index is -0.468. The molecule has 1 aromatic carbocycles. The highest BCUT2D eigenvalue weighted by molar-refractivity contribution is 6.35. The fourth-order valence-corrected chi connectivity index (χ4v) is 1.81. The maximum Gasteiger partial charge on any atom is 0.294 e. The van der Waals surface area contributed by atoms with Gasteiger partial charge in [0.1, 0.15) is 0 Å². The van der Waals surface area contributed by atoms with E-state index < -0.39 is 5.91 Å². The van der Waals surface area contributed by atoms with Crippen molar-refractivity contribution in [3.63, 3.8) is 0 Å². The zero-order valence-corrected chi connectivity index (χ0v) is 10.7. The van der Waals surface area contributed by atoms with E-state index in [4.69, 9.17) is 32.5 Å². The van der Waals surface area contributed by atoms with E-state index in [2.05, 4.69) is 10.5 Å². The van der Waals surface area contributed by atoms with Gasteiger partial charge in [-0.2, -0.15) is 0 Å². The van der Waals surface area contributed by atoms with Gasteiger partial charge in [-0.15, -0.1) is 0 Å². The van der Waals surface area contributed by atoms with Gasteiger partial charge in [-0.3, -0.25) is 4.79 Å². The van der Waals surface area contributed by atoms with Crippen molar-refractivity contribution in [3.05, 3.63) is 40.1 Å². The number of methoxy groups -OCH3 is 1. The van der Waals surface area contributed by atoms with Crippen molar-refractivity contribution in [1.29, 1.82) is 0 Å². The molecular formula is C11H8Cl2N2O3. The van der Waals surface area contributed by atoms with Crippen LogP contribution in [0.25, 0.3) is 0 Å². The second-order valence-electron chi connectivity index (χ2n) is 3.35. The largest absolute Gasteiger partial charge is 0.479 e. The molecule has 0 atom stereocenters. The lowest BCUT2D eigenvalue weighted by atomic mass is 10.3. The molecule has 0 aliphatic carbocycles. The maximum absolute atomic E-state index is 11.8. The molecule has 2 aromatic rings. The molecule has 5 nitrogen and oxygen atoms in total. The fourth-order valence-electron chi connectivity index (χ4n) is 1.28. The zero-order valence-electron chi connectivity index (χ0n) is 9.24. The summed E-state index contributed by atoms with van der Waals surface area (Å²) in [5.74, 6) is -0.212. The molecule has 0 aliphatic heterocycles. The predicted octanol–water partition coefficient (Wildman–Crippen LogP) is 3.24. The fraction of sp³-hybridized carbons (Fsp3) is 0.0909. The summed E-state index contributed by atoms with van der Waals surface area (Å²) in [5.41, 5.74) is 0.466. The number of hydrogen-bond donors (Lipinski definition) is 1. The Bertz CT molecular complexity index is 563. The molecule has 1 amide bonds. The van der Waals surface area contributed by atoms with Gasteiger partial charge < -0.3 is 14.6 Å². The minimum Gasteiger partial charge on any atom is -0.479 e. The number of hydrogen-bond acceptors (Lipinski definition) is 4. The van der Waals surface area contributed by atoms with Gasteiger partial charge in [0.25, 0.3) is 11.8 Å². The number of nitrogens with zero attached hydrogens (tertiary/aromatic N) is 1. The zero-order chi connectivity index (χ0) is 13.1. The van der Waals surface area contributed by atoms with Crippen molar-refractivity contribution < 1.29 is 14.1 Å². The molecule has 18 heavy (non-hydrogen) atoms. The molecule has 1 N–H and O–H groups in total. The van der Waals surface area contributed by atoms with Gasteiger partial charge in [-0.05, 0) is 23.4 Å². The summed E-state index contributed by atoms with van der Waals surface area (Å²) >= 11 is 11.6. The summed E-state index contributed by atoms with van der Waals surface area (Å²) in [4.78, 5) is 11.8. The Morgan fingerprint density at radius 2 is 1.94 bits per heavy atom. The van der Waals surface area contributed by atoms with E-state index in [1.807, 2.05) is 0 Å². The third kappa shape index (κ3) is 2.94. The maximum atomic E-state index is 11.8. The highest BCUT2D eigenvalue weighted by Crippen LogP contribution is 2.23. The number of amides is 1. The number of anilines is 1. The van der Waals surface area contributed by atoms with Crippen LogP contribution in [-0.2, 0) is 0 Å². The van der Waals surface area contributed by atoms with Crippen LogP contribution in [0.15, 0.2) is 28.8 Å². The number of halogens is 2. The second-order valence-corrected chi connectivity index (χ2v) is 4.22. The number of benzene rings is 1. The smallest absolute Gasteiger partial charge is 0.294 e. The summed E-state index contributed by atoms with van der Waals surface area (Å²) in [6, 6.07) is 6.08. The van der Waals surface area contributed by atoms with Gasteiger partial charge in [0.05, 0.1) is 13.2 Å². The molecule has 0 saturated heterocycles. The summed E-state index contributed by atoms with van der Waals surface area (Å²) in [6.07, 6.45) is 0. The lowest BCUT2D eigenvalue weighted by Gasteiger charge is -2.03. The Hall–Kier alpha value is -1.72. The predicted molar refractivity (Wildman–Crippen MR) is 67.5 cm³/mol. The third-order valence-electron chi connectivity index (χ3n) is 2.04. The Balaban J connectivity index is 2.15. The normalized spacial score (nSPS) is 10.2. The number of nitrogens with one attached hydrogen (secondary N) is 1. The van der Waals surface area contributed by atoms with Crippen LogP contribution in [0.3, 0.4) is 0 Å². The summed E-state index contributed by atoms with van der Waals surface area (Å²) in [7, 11) is 1.43. The van der Waals surface area contributed by atoms with Crippen LogP contribution >= 0.6 is 23.2 Å². The molecule has 94 valence electrons. The van der Waals surface area contributed by atoms with Gasteiger partial charge in [-0.25, -0.2) is 0 Å². The summed E-state index contributed by atoms with van der Waals surface area (Å²) < 4.78 is 9.60. The molecule has 0 aliphatic rings. The second kappa shape index (κ2) is 5.29. The molecule has 0 radical (unpaired) electrons. The van der Waals surface area contributed by atoms with Crippen LogP contribution < -0.4 is 10.1 Å². The Morgan fingerprint density at radius 1 is 1.28 bits per heavy atom. The van der Waals surface area contributed by atoms with Gasteiger partial charge in [0.2, 0.25) is 5.76 Å². The average Bonchev–Trinajstić information content (AvgIpc) is 2.75. The summed E-state index contributed by atoms with van der Waals surface area (Å²) in [5, 5.41) is 6.95. The number of aromatic nitrogens is 1. The van der Waals surface area contributed by atoms with Crippen molar-refractivity contribution in [3.8, 4) is 5.88 Å². The first-order valence-corrected chi connectivity index (χ1v) is 5.62. The lowest BCUT2D eigenvalue weighted by molar-refractivity contribution is 0.0987. The van der Waals surface area contributed by atoms with E-state index in [1.165, 1.54) is 13.2 Å². The van der Waals surface area contributed by atoms with Gasteiger partial charge in [-0.1, -0.05) is 23.2 Å². The molecule has 1 aromatic heterocycles. The van der Waals surface area contributed by atoms with Crippen molar-refractivity contribution in [2.75, 3.05) is 12.4 Å². The molecule has 0 saturated carbocycles. The van der Waals surface area contributed by atoms with Crippen LogP contribution in [0.5, 0.6) is 5.88 Å². The Kier molecular flexibility index (Phi) is 3.74. The first kappa shape index (κ1) is 12.7. The standard InChI is InChI=1S/C11H8Cl2N2O3/c1-17-10-5-9(18-15-10)11(16)14-8-3-6(12)2-7(13)4-8/h2-5H,1H3,(H,14,16). The molecular weight excluding hydrogens is 279 g/mol. The highest BCUT2D eigenvalue weighted by Gasteiger charge is 2.14. The van der Waals surface area contributed by atoms with Crippen molar-refractivity contribution in [2.24, 2.45) is 0 Å². The number of carbonyl (C=O) groups is 1. The lowest BCUT2D eigenvalue weighted by Crippen LogP contribution is -2.10. The van der Waals surface area contributed by atoms with Crippen LogP contribution in [-0.4, -0.2) is 18.2 Å². The monoisotopic (exact) mass is 286 g/mol. The molecule has 0 bridgehead atoms. The van der Waals surface area contributed by atoms with Crippen LogP contribution in [0.2, 0.25) is 10.0 Å². The van der Waals surface area contributed by atoms with Gasteiger partial charge >= 0.3 is 0 Å². The first-order chi connectivity index (χ1) is 8.58. The van der Waals surface area contributed by atoms with Gasteiger partial charge in [0, 0.05) is 15.7 Å². The molecule has 0 fully saturated rings. The molecule has 1 heterocycles. The number of carbonyl (C=O) groups excluding carboxylic acids is 1. The van der Waals surface area contributed by atoms with E-state index in [1.54, 1.807) is 18.2 Å². The molecule has 0 unspecified atom stereocenters. The molecule has 7 heteroatoms. The number of ether oxygens (including phenoxy) is 1. The Labute approximate surface area is 113 Å². The molecule has 0 spiro atoms. The van der Waals surface area contributed by atoms with Gasteiger partial charge in [0.15, 0.2) is 0 Å². The van der Waals surface area contributed by atoms with E-state index in [9.17, 15) is 4.79 Å². The van der Waals surface area contributed by atoms with Crippen LogP contribution in [0.1, 0.15) is 10.6 Å². The SMILES string of the molecule is COc1cc(C(=O)Nc2cc(Cl)cc(Cl)c2)on1. The summed E-state index contributed by atoms with van der Waals surface area (Å²) in [6.45, 7) is 0. The van der Waals surface area contributed by atoms with E-state index in [0.717, 1.165) is 0 Å². The van der Waals surface area contributed by atoms with Crippen LogP contribution in [0, 0.1) is 0 Å². The quantitative estimate of drug-likeness (QED) is 0.941. The Morgan fingerprint density at radius 3 is 2.50 bits per heavy atom. The highest BCUT2D eigenvalue weighted by atomic mass is 35.5. The topological polar surface area (TPSA) is 64.4 Å². The minimum absolute atomic E-state index is 0.0305. The molecule has 2 rings (SSSR count). The van der Waals surface area contributed by atoms with Crippen molar-refractivity contribution >= 4 is 34.8 Å². The van der Waals surface area contributed by atoms with Crippen molar-refractivity contribution in [1.82, 2.24) is 5.16 Å².